The average molecular weight is 626 g/mol. The minimum absolute atomic E-state index is 0.0279. The van der Waals surface area contributed by atoms with Crippen LogP contribution in [0, 0.1) is 0 Å². The van der Waals surface area contributed by atoms with Crippen molar-refractivity contribution in [2.24, 2.45) is 0 Å². The van der Waals surface area contributed by atoms with Crippen molar-refractivity contribution in [3.05, 3.63) is 119 Å². The third kappa shape index (κ3) is 7.75. The predicted octanol–water partition coefficient (Wildman–Crippen LogP) is 5.36. The summed E-state index contributed by atoms with van der Waals surface area (Å²) in [6.45, 7) is 7.92. The Bertz CT molecular complexity index is 1370. The van der Waals surface area contributed by atoms with Crippen molar-refractivity contribution in [3.63, 3.8) is 0 Å². The Morgan fingerprint density at radius 3 is 1.96 bits per heavy atom. The second kappa shape index (κ2) is 15.5. The predicted molar refractivity (Wildman–Crippen MR) is 180 cm³/mol. The maximum Gasteiger partial charge on any atom is 0.307 e. The molecule has 5 rings (SSSR count). The first-order valence-electron chi connectivity index (χ1n) is 15.8. The lowest BCUT2D eigenvalue weighted by Gasteiger charge is -2.49. The van der Waals surface area contributed by atoms with Gasteiger partial charge in [0, 0.05) is 51.4 Å². The molecule has 0 bridgehead atoms. The fourth-order valence-electron chi connectivity index (χ4n) is 6.62. The Kier molecular flexibility index (Phi) is 11.3. The van der Waals surface area contributed by atoms with E-state index in [2.05, 4.69) is 107 Å². The average Bonchev–Trinajstić information content (AvgIpc) is 3.06. The second-order valence-electron chi connectivity index (χ2n) is 11.6. The van der Waals surface area contributed by atoms with Crippen LogP contribution in [0.5, 0.6) is 0 Å². The molecule has 0 spiro atoms. The molecule has 3 aromatic carbocycles. The first-order chi connectivity index (χ1) is 21.9. The van der Waals surface area contributed by atoms with Gasteiger partial charge in [-0.15, -0.1) is 0 Å². The summed E-state index contributed by atoms with van der Waals surface area (Å²) in [5, 5.41) is 0.200. The van der Waals surface area contributed by atoms with Crippen LogP contribution in [-0.2, 0) is 24.7 Å². The SMILES string of the molecule is CCOC(=O)CCN1CCN(C/C=C2/CN(C(c3ccccc3)(c3ccccc3)c3ccccc3)CCC2SC(C)=O)CC1=O. The first-order valence-corrected chi connectivity index (χ1v) is 16.7. The maximum absolute atomic E-state index is 12.9. The molecule has 2 aliphatic rings. The molecule has 3 aromatic rings. The van der Waals surface area contributed by atoms with Crippen LogP contribution in [-0.4, -0.2) is 89.4 Å². The number of esters is 1. The highest BCUT2D eigenvalue weighted by molar-refractivity contribution is 8.14. The van der Waals surface area contributed by atoms with Gasteiger partial charge in [0.05, 0.1) is 25.1 Å². The number of rotatable bonds is 11. The van der Waals surface area contributed by atoms with Crippen molar-refractivity contribution >= 4 is 28.8 Å². The van der Waals surface area contributed by atoms with E-state index in [1.165, 1.54) is 34.0 Å². The van der Waals surface area contributed by atoms with Crippen LogP contribution in [0.2, 0.25) is 0 Å². The Balaban J connectivity index is 1.43. The van der Waals surface area contributed by atoms with Crippen LogP contribution in [0.3, 0.4) is 0 Å². The lowest BCUT2D eigenvalue weighted by molar-refractivity contribution is -0.144. The molecule has 0 radical (unpaired) electrons. The molecule has 1 atom stereocenters. The summed E-state index contributed by atoms with van der Waals surface area (Å²) >= 11 is 1.41. The largest absolute Gasteiger partial charge is 0.466 e. The van der Waals surface area contributed by atoms with Crippen LogP contribution in [0.1, 0.15) is 43.4 Å². The van der Waals surface area contributed by atoms with Crippen LogP contribution in [0.25, 0.3) is 0 Å². The topological polar surface area (TPSA) is 70.2 Å². The highest BCUT2D eigenvalue weighted by Crippen LogP contribution is 2.45. The van der Waals surface area contributed by atoms with Gasteiger partial charge in [-0.1, -0.05) is 109 Å². The number of piperidine rings is 1. The summed E-state index contributed by atoms with van der Waals surface area (Å²) in [6.07, 6.45) is 3.31. The molecule has 0 aromatic heterocycles. The molecule has 2 fully saturated rings. The number of thioether (sulfide) groups is 1. The van der Waals surface area contributed by atoms with E-state index in [1.54, 1.807) is 18.7 Å². The first kappa shape index (κ1) is 32.7. The molecule has 1 unspecified atom stereocenters. The lowest BCUT2D eigenvalue weighted by Crippen LogP contribution is -2.53. The maximum atomic E-state index is 12.9. The Morgan fingerprint density at radius 1 is 0.867 bits per heavy atom. The zero-order valence-corrected chi connectivity index (χ0v) is 27.1. The zero-order valence-electron chi connectivity index (χ0n) is 26.3. The molecule has 45 heavy (non-hydrogen) atoms. The molecule has 1 amide bonds. The summed E-state index contributed by atoms with van der Waals surface area (Å²) in [5.41, 5.74) is 4.28. The van der Waals surface area contributed by atoms with E-state index in [-0.39, 0.29) is 28.7 Å². The molecule has 2 heterocycles. The number of amides is 1. The molecular weight excluding hydrogens is 582 g/mol. The van der Waals surface area contributed by atoms with Gasteiger partial charge in [-0.2, -0.15) is 0 Å². The van der Waals surface area contributed by atoms with E-state index in [9.17, 15) is 14.4 Å². The van der Waals surface area contributed by atoms with Crippen molar-refractivity contribution in [2.45, 2.75) is 37.5 Å². The van der Waals surface area contributed by atoms with Gasteiger partial charge < -0.3 is 9.64 Å². The van der Waals surface area contributed by atoms with Crippen molar-refractivity contribution < 1.29 is 19.1 Å². The molecular formula is C37H43N3O4S. The van der Waals surface area contributed by atoms with Gasteiger partial charge in [0.15, 0.2) is 5.12 Å². The van der Waals surface area contributed by atoms with Crippen molar-refractivity contribution in [3.8, 4) is 0 Å². The molecule has 7 nitrogen and oxygen atoms in total. The van der Waals surface area contributed by atoms with Crippen molar-refractivity contribution in [1.29, 1.82) is 0 Å². The number of carbonyl (C=O) groups excluding carboxylic acids is 3. The number of piperazine rings is 1. The van der Waals surface area contributed by atoms with E-state index < -0.39 is 5.54 Å². The summed E-state index contributed by atoms with van der Waals surface area (Å²) in [7, 11) is 0. The molecule has 0 aliphatic carbocycles. The molecule has 0 N–H and O–H groups in total. The quantitative estimate of drug-likeness (QED) is 0.162. The van der Waals surface area contributed by atoms with Gasteiger partial charge in [0.2, 0.25) is 5.91 Å². The zero-order chi connectivity index (χ0) is 31.6. The lowest BCUT2D eigenvalue weighted by atomic mass is 9.74. The number of hydrogen-bond donors (Lipinski definition) is 0. The molecule has 2 aliphatic heterocycles. The fourth-order valence-corrected chi connectivity index (χ4v) is 7.56. The number of likely N-dealkylation sites (tertiary alicyclic amines) is 1. The third-order valence-electron chi connectivity index (χ3n) is 8.71. The highest BCUT2D eigenvalue weighted by atomic mass is 32.2. The van der Waals surface area contributed by atoms with Gasteiger partial charge in [-0.25, -0.2) is 0 Å². The summed E-state index contributed by atoms with van der Waals surface area (Å²) in [6, 6.07) is 32.1. The fraction of sp³-hybridized carbons (Fsp3) is 0.378. The van der Waals surface area contributed by atoms with E-state index in [0.29, 0.717) is 39.3 Å². The van der Waals surface area contributed by atoms with Crippen LogP contribution >= 0.6 is 11.8 Å². The monoisotopic (exact) mass is 625 g/mol. The minimum atomic E-state index is -0.532. The van der Waals surface area contributed by atoms with Gasteiger partial charge in [-0.3, -0.25) is 24.2 Å². The Morgan fingerprint density at radius 2 is 1.44 bits per heavy atom. The highest BCUT2D eigenvalue weighted by Gasteiger charge is 2.44. The molecule has 8 heteroatoms. The van der Waals surface area contributed by atoms with Crippen LogP contribution in [0.4, 0.5) is 0 Å². The second-order valence-corrected chi connectivity index (χ2v) is 12.9. The van der Waals surface area contributed by atoms with Gasteiger partial charge in [-0.05, 0) is 35.6 Å². The summed E-state index contributed by atoms with van der Waals surface area (Å²) < 4.78 is 5.02. The number of ether oxygens (including phenoxy) is 1. The summed E-state index contributed by atoms with van der Waals surface area (Å²) in [4.78, 5) is 43.6. The van der Waals surface area contributed by atoms with Crippen LogP contribution < -0.4 is 0 Å². The van der Waals surface area contributed by atoms with Gasteiger partial charge in [0.25, 0.3) is 0 Å². The Labute approximate surface area is 271 Å². The number of benzene rings is 3. The normalized spacial score (nSPS) is 19.1. The molecule has 236 valence electrons. The number of carbonyl (C=O) groups is 3. The standard InChI is InChI=1S/C37H43N3O4S/c1-3-44-36(43)21-23-39-26-25-38(28-35(39)42)22-19-30-27-40(24-20-34(30)45-29(2)41)37(31-13-7-4-8-14-31,32-15-9-5-10-16-32)33-17-11-6-12-18-33/h4-19,34H,3,20-28H2,1-2H3/b30-19-. The number of nitrogens with zero attached hydrogens (tertiary/aromatic N) is 3. The van der Waals surface area contributed by atoms with Crippen molar-refractivity contribution in [1.82, 2.24) is 14.7 Å². The minimum Gasteiger partial charge on any atom is -0.466 e. The van der Waals surface area contributed by atoms with E-state index in [4.69, 9.17) is 4.74 Å². The summed E-state index contributed by atoms with van der Waals surface area (Å²) in [5.74, 6) is -0.244. The smallest absolute Gasteiger partial charge is 0.307 e. The van der Waals surface area contributed by atoms with Gasteiger partial charge in [0.1, 0.15) is 0 Å². The van der Waals surface area contributed by atoms with E-state index in [1.807, 2.05) is 0 Å². The number of hydrogen-bond acceptors (Lipinski definition) is 7. The molecule has 2 saturated heterocycles. The van der Waals surface area contributed by atoms with Crippen LogP contribution in [0.15, 0.2) is 103 Å². The Hall–Kier alpha value is -3.72. The molecule has 0 saturated carbocycles. The van der Waals surface area contributed by atoms with Crippen molar-refractivity contribution in [2.75, 3.05) is 52.4 Å². The van der Waals surface area contributed by atoms with E-state index in [0.717, 1.165) is 19.5 Å². The van der Waals surface area contributed by atoms with Gasteiger partial charge >= 0.3 is 5.97 Å². The third-order valence-corrected chi connectivity index (χ3v) is 9.86. The van der Waals surface area contributed by atoms with E-state index >= 15 is 0 Å².